The fourth-order valence-corrected chi connectivity index (χ4v) is 1.29. The van der Waals surface area contributed by atoms with Crippen molar-refractivity contribution >= 4 is 14.2 Å². The minimum absolute atomic E-state index is 0.123. The van der Waals surface area contributed by atoms with Crippen molar-refractivity contribution in [2.24, 2.45) is 11.5 Å². The highest BCUT2D eigenvalue weighted by molar-refractivity contribution is 7.33. The van der Waals surface area contributed by atoms with Crippen LogP contribution in [-0.4, -0.2) is 38.8 Å². The van der Waals surface area contributed by atoms with Gasteiger partial charge < -0.3 is 16.8 Å². The van der Waals surface area contributed by atoms with Crippen LogP contribution in [0.15, 0.2) is 0 Å². The standard InChI is InChI=1S/C8H18N3O4P/c1-14-16(13)15-6-5-11-8(12)7(10)3-2-4-9/h7H,2-6,9-10H2,1H3/p+1. The Labute approximate surface area is 95.8 Å². The van der Waals surface area contributed by atoms with Crippen molar-refractivity contribution in [3.05, 3.63) is 0 Å². The first-order chi connectivity index (χ1) is 7.61. The number of hydrogen-bond donors (Lipinski definition) is 3. The Morgan fingerprint density at radius 1 is 1.56 bits per heavy atom. The lowest BCUT2D eigenvalue weighted by molar-refractivity contribution is -0.122. The molecule has 1 amide bonds. The summed E-state index contributed by atoms with van der Waals surface area (Å²) in [6.07, 6.45) is 1.26. The van der Waals surface area contributed by atoms with Gasteiger partial charge in [0, 0.05) is 11.1 Å². The molecule has 0 bridgehead atoms. The lowest BCUT2D eigenvalue weighted by Crippen LogP contribution is -2.41. The van der Waals surface area contributed by atoms with Crippen LogP contribution in [0.2, 0.25) is 0 Å². The second-order valence-corrected chi connectivity index (χ2v) is 4.14. The van der Waals surface area contributed by atoms with E-state index in [1.807, 2.05) is 0 Å². The van der Waals surface area contributed by atoms with Gasteiger partial charge in [0.2, 0.25) is 5.91 Å². The molecule has 0 spiro atoms. The molecule has 2 atom stereocenters. The molecule has 7 nitrogen and oxygen atoms in total. The first-order valence-electron chi connectivity index (χ1n) is 4.99. The number of nitrogens with two attached hydrogens (primary N) is 2. The van der Waals surface area contributed by atoms with E-state index in [9.17, 15) is 9.36 Å². The van der Waals surface area contributed by atoms with Gasteiger partial charge in [0.25, 0.3) is 0 Å². The van der Waals surface area contributed by atoms with Crippen LogP contribution in [0.25, 0.3) is 0 Å². The van der Waals surface area contributed by atoms with Gasteiger partial charge in [-0.1, -0.05) is 0 Å². The first-order valence-corrected chi connectivity index (χ1v) is 6.09. The zero-order valence-corrected chi connectivity index (χ0v) is 10.2. The van der Waals surface area contributed by atoms with Crippen LogP contribution in [0.1, 0.15) is 12.8 Å². The summed E-state index contributed by atoms with van der Waals surface area (Å²) in [6.45, 7) is 0.885. The molecule has 0 saturated carbocycles. The van der Waals surface area contributed by atoms with Crippen molar-refractivity contribution in [1.82, 2.24) is 5.32 Å². The summed E-state index contributed by atoms with van der Waals surface area (Å²) in [4.78, 5) is 11.3. The van der Waals surface area contributed by atoms with Crippen LogP contribution in [0.3, 0.4) is 0 Å². The van der Waals surface area contributed by atoms with Crippen molar-refractivity contribution in [3.63, 3.8) is 0 Å². The molecule has 8 heteroatoms. The Kier molecular flexibility index (Phi) is 9.27. The second kappa shape index (κ2) is 9.62. The maximum Gasteiger partial charge on any atom is 0.697 e. The van der Waals surface area contributed by atoms with E-state index in [2.05, 4.69) is 9.84 Å². The maximum atomic E-state index is 11.3. The van der Waals surface area contributed by atoms with Gasteiger partial charge >= 0.3 is 8.25 Å². The Hall–Kier alpha value is -0.590. The average molecular weight is 252 g/mol. The quantitative estimate of drug-likeness (QED) is 0.376. The number of nitrogens with one attached hydrogen (secondary N) is 1. The van der Waals surface area contributed by atoms with Gasteiger partial charge in [-0.2, -0.15) is 0 Å². The van der Waals surface area contributed by atoms with Gasteiger partial charge in [-0.05, 0) is 19.4 Å². The summed E-state index contributed by atoms with van der Waals surface area (Å²) in [5.41, 5.74) is 10.9. The summed E-state index contributed by atoms with van der Waals surface area (Å²) in [6, 6.07) is -0.556. The van der Waals surface area contributed by atoms with E-state index in [-0.39, 0.29) is 19.1 Å². The second-order valence-electron chi connectivity index (χ2n) is 3.07. The van der Waals surface area contributed by atoms with E-state index in [0.717, 1.165) is 0 Å². The molecule has 16 heavy (non-hydrogen) atoms. The normalized spacial score (nSPS) is 13.3. The molecule has 0 rings (SSSR count). The summed E-state index contributed by atoms with van der Waals surface area (Å²) < 4.78 is 19.8. The van der Waals surface area contributed by atoms with E-state index in [0.29, 0.717) is 19.4 Å². The molecule has 2 unspecified atom stereocenters. The van der Waals surface area contributed by atoms with Crippen LogP contribution in [0.4, 0.5) is 0 Å². The van der Waals surface area contributed by atoms with Crippen molar-refractivity contribution in [1.29, 1.82) is 0 Å². The van der Waals surface area contributed by atoms with Gasteiger partial charge in [-0.15, -0.1) is 9.05 Å². The summed E-state index contributed by atoms with van der Waals surface area (Å²) >= 11 is 0. The van der Waals surface area contributed by atoms with Crippen LogP contribution in [0, 0.1) is 0 Å². The smallest absolute Gasteiger partial charge is 0.352 e. The highest BCUT2D eigenvalue weighted by atomic mass is 31.1. The van der Waals surface area contributed by atoms with E-state index in [1.54, 1.807) is 0 Å². The molecule has 0 aliphatic rings. The molecular weight excluding hydrogens is 233 g/mol. The molecule has 0 aliphatic carbocycles. The predicted molar refractivity (Wildman–Crippen MR) is 59.8 cm³/mol. The van der Waals surface area contributed by atoms with Crippen molar-refractivity contribution in [2.45, 2.75) is 18.9 Å². The van der Waals surface area contributed by atoms with Gasteiger partial charge in [-0.25, -0.2) is 0 Å². The third-order valence-corrected chi connectivity index (χ3v) is 2.49. The van der Waals surface area contributed by atoms with Crippen LogP contribution >= 0.6 is 8.25 Å². The molecule has 0 aromatic carbocycles. The van der Waals surface area contributed by atoms with Crippen LogP contribution < -0.4 is 16.8 Å². The summed E-state index contributed by atoms with van der Waals surface area (Å²) in [5.74, 6) is -0.260. The van der Waals surface area contributed by atoms with E-state index in [4.69, 9.17) is 16.0 Å². The fraction of sp³-hybridized carbons (Fsp3) is 0.875. The maximum absolute atomic E-state index is 11.3. The average Bonchev–Trinajstić information content (AvgIpc) is 2.30. The molecule has 94 valence electrons. The highest BCUT2D eigenvalue weighted by Gasteiger charge is 2.17. The van der Waals surface area contributed by atoms with Crippen molar-refractivity contribution in [3.8, 4) is 0 Å². The van der Waals surface area contributed by atoms with Crippen molar-refractivity contribution in [2.75, 3.05) is 26.8 Å². The van der Waals surface area contributed by atoms with Gasteiger partial charge in [0.15, 0.2) is 0 Å². The molecule has 0 fully saturated rings. The minimum Gasteiger partial charge on any atom is -0.352 e. The van der Waals surface area contributed by atoms with Crippen LogP contribution in [-0.2, 0) is 18.4 Å². The minimum atomic E-state index is -2.08. The number of amides is 1. The van der Waals surface area contributed by atoms with E-state index in [1.165, 1.54) is 7.11 Å². The Morgan fingerprint density at radius 3 is 2.81 bits per heavy atom. The van der Waals surface area contributed by atoms with E-state index >= 15 is 0 Å². The zero-order chi connectivity index (χ0) is 12.4. The Balaban J connectivity index is 3.53. The molecular formula is C8H19N3O4P+. The number of carbonyl (C=O) groups excluding carboxylic acids is 1. The van der Waals surface area contributed by atoms with Crippen LogP contribution in [0.5, 0.6) is 0 Å². The molecule has 0 aromatic heterocycles. The number of carbonyl (C=O) groups is 1. The molecule has 0 aromatic rings. The Bertz CT molecular complexity index is 227. The zero-order valence-electron chi connectivity index (χ0n) is 9.35. The SMILES string of the molecule is CO[P+](=O)OCCNC(=O)C(N)CCCN. The lowest BCUT2D eigenvalue weighted by atomic mass is 10.1. The van der Waals surface area contributed by atoms with Crippen molar-refractivity contribution < 1.29 is 18.4 Å². The monoisotopic (exact) mass is 252 g/mol. The number of rotatable bonds is 9. The van der Waals surface area contributed by atoms with E-state index < -0.39 is 14.3 Å². The van der Waals surface area contributed by atoms with Gasteiger partial charge in [0.1, 0.15) is 6.61 Å². The third-order valence-electron chi connectivity index (χ3n) is 1.80. The van der Waals surface area contributed by atoms with Gasteiger partial charge in [-0.3, -0.25) is 4.79 Å². The molecule has 0 radical (unpaired) electrons. The number of hydrogen-bond acceptors (Lipinski definition) is 6. The largest absolute Gasteiger partial charge is 0.697 e. The fourth-order valence-electron chi connectivity index (χ4n) is 0.947. The van der Waals surface area contributed by atoms with Gasteiger partial charge in [0.05, 0.1) is 13.2 Å². The third kappa shape index (κ3) is 7.67. The summed E-state index contributed by atoms with van der Waals surface area (Å²) in [5, 5.41) is 2.56. The molecule has 0 aliphatic heterocycles. The summed E-state index contributed by atoms with van der Waals surface area (Å²) in [7, 11) is -0.805. The highest BCUT2D eigenvalue weighted by Crippen LogP contribution is 2.20. The Morgan fingerprint density at radius 2 is 2.25 bits per heavy atom. The lowest BCUT2D eigenvalue weighted by Gasteiger charge is -2.10. The predicted octanol–water partition coefficient (Wildman–Crippen LogP) is -0.511. The first kappa shape index (κ1) is 15.4. The topological polar surface area (TPSA) is 117 Å². The molecule has 0 heterocycles. The molecule has 5 N–H and O–H groups in total. The molecule has 0 saturated heterocycles.